The Morgan fingerprint density at radius 2 is 1.91 bits per heavy atom. The van der Waals surface area contributed by atoms with E-state index in [4.69, 9.17) is 18.9 Å². The summed E-state index contributed by atoms with van der Waals surface area (Å²) in [4.78, 5) is 24.7. The van der Waals surface area contributed by atoms with Gasteiger partial charge in [0.05, 0.1) is 25.6 Å². The normalized spacial score (nSPS) is 16.2. The van der Waals surface area contributed by atoms with Crippen molar-refractivity contribution in [1.29, 1.82) is 0 Å². The zero-order valence-corrected chi connectivity index (χ0v) is 17.7. The van der Waals surface area contributed by atoms with Crippen LogP contribution in [-0.2, 0) is 4.79 Å². The molecule has 2 aliphatic rings. The number of benzene rings is 2. The second kappa shape index (κ2) is 7.73. The molecule has 2 aromatic carbocycles. The number of carboxylic acid groups (broad SMARTS) is 1. The number of carbonyl (C=O) groups is 2. The minimum atomic E-state index is -1.21. The molecule has 2 aliphatic heterocycles. The van der Waals surface area contributed by atoms with Gasteiger partial charge in [0, 0.05) is 29.8 Å². The number of hydrogen-bond acceptors (Lipinski definition) is 6. The number of aromatic carboxylic acids is 1. The van der Waals surface area contributed by atoms with Crippen molar-refractivity contribution in [2.75, 3.05) is 26.3 Å². The molecule has 0 bridgehead atoms. The Kier molecular flexibility index (Phi) is 4.85. The summed E-state index contributed by atoms with van der Waals surface area (Å²) in [6, 6.07) is 7.34. The van der Waals surface area contributed by atoms with Gasteiger partial charge in [-0.15, -0.1) is 0 Å². The average Bonchev–Trinajstić information content (AvgIpc) is 3.42. The number of carboxylic acids is 1. The first-order valence-electron chi connectivity index (χ1n) is 10.0. The van der Waals surface area contributed by atoms with Crippen LogP contribution >= 0.6 is 0 Å². The van der Waals surface area contributed by atoms with Gasteiger partial charge in [0.1, 0.15) is 11.4 Å². The molecule has 3 aromatic rings. The number of anilines is 1. The van der Waals surface area contributed by atoms with Crippen LogP contribution in [0.1, 0.15) is 34.0 Å². The number of nitrogens with one attached hydrogen (secondary N) is 1. The number of amides is 1. The maximum Gasteiger partial charge on any atom is 0.339 e. The Bertz CT molecular complexity index is 1280. The number of rotatable bonds is 5. The summed E-state index contributed by atoms with van der Waals surface area (Å²) in [5.41, 5.74) is 1.70. The first-order chi connectivity index (χ1) is 15.9. The fourth-order valence-corrected chi connectivity index (χ4v) is 4.37. The Morgan fingerprint density at radius 3 is 2.58 bits per heavy atom. The molecule has 1 aromatic heterocycles. The Balaban J connectivity index is 1.79. The van der Waals surface area contributed by atoms with Gasteiger partial charge >= 0.3 is 5.97 Å². The molecule has 0 saturated carbocycles. The van der Waals surface area contributed by atoms with Gasteiger partial charge in [0.2, 0.25) is 24.2 Å². The van der Waals surface area contributed by atoms with E-state index in [2.05, 4.69) is 5.32 Å². The lowest BCUT2D eigenvalue weighted by Crippen LogP contribution is -2.26. The molecular formula is C23H19FN2O7. The third-order valence-electron chi connectivity index (χ3n) is 5.75. The first kappa shape index (κ1) is 20.7. The van der Waals surface area contributed by atoms with Crippen molar-refractivity contribution in [3.8, 4) is 28.7 Å². The summed E-state index contributed by atoms with van der Waals surface area (Å²) in [6.07, 6.45) is 1.42. The van der Waals surface area contributed by atoms with E-state index >= 15 is 0 Å². The monoisotopic (exact) mass is 454 g/mol. The molecule has 5 rings (SSSR count). The van der Waals surface area contributed by atoms with Crippen molar-refractivity contribution >= 4 is 17.6 Å². The molecule has 170 valence electrons. The number of halogens is 1. The Labute approximate surface area is 187 Å². The Morgan fingerprint density at radius 1 is 1.18 bits per heavy atom. The highest BCUT2D eigenvalue weighted by molar-refractivity contribution is 6.04. The molecule has 0 spiro atoms. The molecule has 0 fully saturated rings. The molecule has 0 unspecified atom stereocenters. The lowest BCUT2D eigenvalue weighted by Gasteiger charge is -2.28. The maximum absolute atomic E-state index is 13.6. The predicted octanol–water partition coefficient (Wildman–Crippen LogP) is 3.53. The second-order valence-electron chi connectivity index (χ2n) is 7.53. The number of aromatic nitrogens is 1. The average molecular weight is 454 g/mol. The third kappa shape index (κ3) is 3.22. The maximum atomic E-state index is 13.6. The largest absolute Gasteiger partial charge is 0.492 e. The SMILES string of the molecule is COc1c([C@H]2CC(=O)Nc3c(C(=O)O)cn(-c4ccc(F)cc4)c32)cc2c(c1OC)OCO2. The van der Waals surface area contributed by atoms with Crippen LogP contribution in [0.3, 0.4) is 0 Å². The third-order valence-corrected chi connectivity index (χ3v) is 5.75. The van der Waals surface area contributed by atoms with E-state index < -0.39 is 17.7 Å². The van der Waals surface area contributed by atoms with Crippen molar-refractivity contribution in [2.24, 2.45) is 0 Å². The standard InChI is InChI=1S/C23H19FN2O7/c1-30-20-14(7-16-21(22(20)31-2)33-10-32-16)13-8-17(27)25-18-15(23(28)29)9-26(19(13)18)12-5-3-11(24)4-6-12/h3-7,9,13H,8,10H2,1-2H3,(H,25,27)(H,28,29)/t13-/m1/s1. The van der Waals surface area contributed by atoms with Crippen molar-refractivity contribution in [3.63, 3.8) is 0 Å². The van der Waals surface area contributed by atoms with E-state index in [1.165, 1.54) is 44.7 Å². The van der Waals surface area contributed by atoms with Crippen LogP contribution in [0, 0.1) is 5.82 Å². The predicted molar refractivity (Wildman–Crippen MR) is 113 cm³/mol. The molecule has 1 atom stereocenters. The molecule has 0 radical (unpaired) electrons. The van der Waals surface area contributed by atoms with Gasteiger partial charge in [-0.1, -0.05) is 0 Å². The van der Waals surface area contributed by atoms with Gasteiger partial charge in [0.15, 0.2) is 11.5 Å². The quantitative estimate of drug-likeness (QED) is 0.607. The summed E-state index contributed by atoms with van der Waals surface area (Å²) in [5.74, 6) is -1.14. The molecule has 1 amide bonds. The van der Waals surface area contributed by atoms with E-state index in [9.17, 15) is 19.1 Å². The molecule has 33 heavy (non-hydrogen) atoms. The van der Waals surface area contributed by atoms with E-state index in [0.29, 0.717) is 39.9 Å². The van der Waals surface area contributed by atoms with E-state index in [-0.39, 0.29) is 30.4 Å². The zero-order chi connectivity index (χ0) is 23.3. The fourth-order valence-electron chi connectivity index (χ4n) is 4.37. The number of hydrogen-bond donors (Lipinski definition) is 2. The highest BCUT2D eigenvalue weighted by Crippen LogP contribution is 2.54. The van der Waals surface area contributed by atoms with Crippen LogP contribution in [0.2, 0.25) is 0 Å². The molecule has 0 aliphatic carbocycles. The minimum Gasteiger partial charge on any atom is -0.492 e. The fraction of sp³-hybridized carbons (Fsp3) is 0.217. The smallest absolute Gasteiger partial charge is 0.339 e. The van der Waals surface area contributed by atoms with Crippen LogP contribution in [-0.4, -0.2) is 42.6 Å². The topological polar surface area (TPSA) is 108 Å². The number of nitrogens with zero attached hydrogens (tertiary/aromatic N) is 1. The van der Waals surface area contributed by atoms with Crippen LogP contribution < -0.4 is 24.3 Å². The number of carbonyl (C=O) groups excluding carboxylic acids is 1. The highest BCUT2D eigenvalue weighted by Gasteiger charge is 2.38. The lowest BCUT2D eigenvalue weighted by molar-refractivity contribution is -0.116. The summed E-state index contributed by atoms with van der Waals surface area (Å²) in [5, 5.41) is 12.5. The summed E-state index contributed by atoms with van der Waals surface area (Å²) < 4.78 is 37.4. The van der Waals surface area contributed by atoms with E-state index in [1.807, 2.05) is 0 Å². The van der Waals surface area contributed by atoms with E-state index in [0.717, 1.165) is 0 Å². The van der Waals surface area contributed by atoms with Crippen molar-refractivity contribution in [2.45, 2.75) is 12.3 Å². The Hall–Kier alpha value is -4.21. The highest BCUT2D eigenvalue weighted by atomic mass is 19.1. The summed E-state index contributed by atoms with van der Waals surface area (Å²) in [7, 11) is 2.93. The summed E-state index contributed by atoms with van der Waals surface area (Å²) >= 11 is 0. The van der Waals surface area contributed by atoms with Crippen molar-refractivity contribution in [3.05, 3.63) is 59.2 Å². The van der Waals surface area contributed by atoms with Gasteiger partial charge in [-0.2, -0.15) is 0 Å². The van der Waals surface area contributed by atoms with Gasteiger partial charge in [-0.05, 0) is 30.3 Å². The zero-order valence-electron chi connectivity index (χ0n) is 17.7. The van der Waals surface area contributed by atoms with Crippen LogP contribution in [0.4, 0.5) is 10.1 Å². The van der Waals surface area contributed by atoms with Crippen LogP contribution in [0.5, 0.6) is 23.0 Å². The van der Waals surface area contributed by atoms with Crippen molar-refractivity contribution in [1.82, 2.24) is 4.57 Å². The van der Waals surface area contributed by atoms with Crippen LogP contribution in [0.25, 0.3) is 5.69 Å². The number of methoxy groups -OCH3 is 2. The molecule has 0 saturated heterocycles. The molecular weight excluding hydrogens is 435 g/mol. The molecule has 2 N–H and O–H groups in total. The lowest BCUT2D eigenvalue weighted by atomic mass is 9.87. The number of fused-ring (bicyclic) bond motifs is 2. The van der Waals surface area contributed by atoms with Gasteiger partial charge in [-0.3, -0.25) is 4.79 Å². The minimum absolute atomic E-state index is 0.00379. The molecule has 9 nitrogen and oxygen atoms in total. The van der Waals surface area contributed by atoms with Gasteiger partial charge < -0.3 is 33.9 Å². The molecule has 10 heteroatoms. The van der Waals surface area contributed by atoms with Crippen LogP contribution in [0.15, 0.2) is 36.5 Å². The van der Waals surface area contributed by atoms with Crippen molar-refractivity contribution < 1.29 is 38.0 Å². The van der Waals surface area contributed by atoms with E-state index in [1.54, 1.807) is 10.6 Å². The first-order valence-corrected chi connectivity index (χ1v) is 10.0. The second-order valence-corrected chi connectivity index (χ2v) is 7.53. The summed E-state index contributed by atoms with van der Waals surface area (Å²) in [6.45, 7) is 0.00379. The molecule has 3 heterocycles. The number of ether oxygens (including phenoxy) is 4. The van der Waals surface area contributed by atoms with Gasteiger partial charge in [-0.25, -0.2) is 9.18 Å². The van der Waals surface area contributed by atoms with Gasteiger partial charge in [0.25, 0.3) is 0 Å².